The Morgan fingerprint density at radius 3 is 3.15 bits per heavy atom. The van der Waals surface area contributed by atoms with Gasteiger partial charge in [0.15, 0.2) is 0 Å². The standard InChI is InChI=1S/C15H19N3O2/c1-11-4-2-7-18-14(20)8-12(16-15(11)18)9-17-6-3-5-13(19)10-17/h2,4,7-8,13,19H,3,5-6,9-10H2,1H3/t13-/m0/s1. The Morgan fingerprint density at radius 2 is 2.35 bits per heavy atom. The second-order valence-electron chi connectivity index (χ2n) is 5.50. The van der Waals surface area contributed by atoms with Crippen LogP contribution in [0.5, 0.6) is 0 Å². The van der Waals surface area contributed by atoms with E-state index in [9.17, 15) is 9.90 Å². The van der Waals surface area contributed by atoms with Crippen LogP contribution in [0.4, 0.5) is 0 Å². The van der Waals surface area contributed by atoms with Crippen molar-refractivity contribution >= 4 is 5.65 Å². The van der Waals surface area contributed by atoms with E-state index in [1.807, 2.05) is 19.1 Å². The molecule has 0 saturated carbocycles. The molecule has 3 rings (SSSR count). The molecule has 2 aromatic rings. The molecular weight excluding hydrogens is 254 g/mol. The molecule has 3 heterocycles. The SMILES string of the molecule is Cc1cccn2c(=O)cc(CN3CCC[C@H](O)C3)nc12. The van der Waals surface area contributed by atoms with Crippen molar-refractivity contribution in [3.8, 4) is 0 Å². The molecule has 5 heteroatoms. The van der Waals surface area contributed by atoms with Gasteiger partial charge in [0.25, 0.3) is 5.56 Å². The van der Waals surface area contributed by atoms with Crippen LogP contribution >= 0.6 is 0 Å². The highest BCUT2D eigenvalue weighted by Crippen LogP contribution is 2.13. The van der Waals surface area contributed by atoms with Gasteiger partial charge in [-0.3, -0.25) is 14.1 Å². The Labute approximate surface area is 117 Å². The van der Waals surface area contributed by atoms with Crippen LogP contribution in [0, 0.1) is 6.92 Å². The molecule has 0 bridgehead atoms. The fourth-order valence-corrected chi connectivity index (χ4v) is 2.79. The molecule has 0 aliphatic carbocycles. The molecule has 0 unspecified atom stereocenters. The highest BCUT2D eigenvalue weighted by molar-refractivity contribution is 5.46. The van der Waals surface area contributed by atoms with E-state index in [4.69, 9.17) is 0 Å². The van der Waals surface area contributed by atoms with Gasteiger partial charge >= 0.3 is 0 Å². The number of fused-ring (bicyclic) bond motifs is 1. The Morgan fingerprint density at radius 1 is 1.50 bits per heavy atom. The summed E-state index contributed by atoms with van der Waals surface area (Å²) >= 11 is 0. The van der Waals surface area contributed by atoms with Gasteiger partial charge in [-0.15, -0.1) is 0 Å². The van der Waals surface area contributed by atoms with E-state index in [1.165, 1.54) is 0 Å². The van der Waals surface area contributed by atoms with E-state index in [1.54, 1.807) is 16.7 Å². The second-order valence-corrected chi connectivity index (χ2v) is 5.50. The minimum absolute atomic E-state index is 0.0498. The first-order valence-electron chi connectivity index (χ1n) is 7.02. The Kier molecular flexibility index (Phi) is 3.54. The molecule has 1 aliphatic heterocycles. The zero-order valence-electron chi connectivity index (χ0n) is 11.6. The maximum Gasteiger partial charge on any atom is 0.258 e. The third kappa shape index (κ3) is 2.59. The summed E-state index contributed by atoms with van der Waals surface area (Å²) in [6, 6.07) is 5.40. The fraction of sp³-hybridized carbons (Fsp3) is 0.467. The summed E-state index contributed by atoms with van der Waals surface area (Å²) in [6.45, 7) is 4.19. The lowest BCUT2D eigenvalue weighted by atomic mass is 10.1. The predicted molar refractivity (Wildman–Crippen MR) is 76.7 cm³/mol. The Hall–Kier alpha value is -1.72. The normalized spacial score (nSPS) is 20.4. The van der Waals surface area contributed by atoms with Crippen LogP contribution in [-0.4, -0.2) is 38.6 Å². The molecule has 2 aromatic heterocycles. The second kappa shape index (κ2) is 5.34. The van der Waals surface area contributed by atoms with E-state index in [0.717, 1.165) is 30.6 Å². The van der Waals surface area contributed by atoms with Crippen molar-refractivity contribution < 1.29 is 5.11 Å². The maximum absolute atomic E-state index is 12.1. The van der Waals surface area contributed by atoms with Crippen molar-refractivity contribution in [1.29, 1.82) is 0 Å². The van der Waals surface area contributed by atoms with Gasteiger partial charge in [0.1, 0.15) is 5.65 Å². The van der Waals surface area contributed by atoms with Gasteiger partial charge in [0, 0.05) is 25.4 Å². The van der Waals surface area contributed by atoms with Crippen molar-refractivity contribution in [1.82, 2.24) is 14.3 Å². The zero-order valence-corrected chi connectivity index (χ0v) is 11.6. The number of rotatable bonds is 2. The van der Waals surface area contributed by atoms with Crippen LogP contribution in [0.3, 0.4) is 0 Å². The van der Waals surface area contributed by atoms with Crippen LogP contribution in [0.2, 0.25) is 0 Å². The first-order valence-corrected chi connectivity index (χ1v) is 7.02. The number of aryl methyl sites for hydroxylation is 1. The summed E-state index contributed by atoms with van der Waals surface area (Å²) in [5.41, 5.74) is 2.43. The number of aliphatic hydroxyl groups excluding tert-OH is 1. The van der Waals surface area contributed by atoms with Gasteiger partial charge in [-0.25, -0.2) is 4.98 Å². The molecule has 1 saturated heterocycles. The molecule has 1 N–H and O–H groups in total. The van der Waals surface area contributed by atoms with Crippen LogP contribution in [0.15, 0.2) is 29.2 Å². The summed E-state index contributed by atoms with van der Waals surface area (Å²) in [5.74, 6) is 0. The first kappa shape index (κ1) is 13.3. The number of piperidine rings is 1. The lowest BCUT2D eigenvalue weighted by Crippen LogP contribution is -2.38. The van der Waals surface area contributed by atoms with Crippen molar-refractivity contribution in [2.24, 2.45) is 0 Å². The summed E-state index contributed by atoms with van der Waals surface area (Å²) < 4.78 is 1.57. The third-order valence-corrected chi connectivity index (χ3v) is 3.81. The lowest BCUT2D eigenvalue weighted by molar-refractivity contribution is 0.0662. The largest absolute Gasteiger partial charge is 0.392 e. The Bertz CT molecular complexity index is 680. The van der Waals surface area contributed by atoms with E-state index in [2.05, 4.69) is 9.88 Å². The Balaban J connectivity index is 1.92. The number of nitrogens with zero attached hydrogens (tertiary/aromatic N) is 3. The van der Waals surface area contributed by atoms with Gasteiger partial charge in [0.05, 0.1) is 11.8 Å². The number of aromatic nitrogens is 2. The van der Waals surface area contributed by atoms with Gasteiger partial charge in [-0.1, -0.05) is 6.07 Å². The minimum atomic E-state index is -0.257. The number of pyridine rings is 1. The molecule has 0 spiro atoms. The van der Waals surface area contributed by atoms with Crippen molar-refractivity contribution in [3.05, 3.63) is 46.0 Å². The topological polar surface area (TPSA) is 57.8 Å². The third-order valence-electron chi connectivity index (χ3n) is 3.81. The van der Waals surface area contributed by atoms with E-state index < -0.39 is 0 Å². The quantitative estimate of drug-likeness (QED) is 0.885. The lowest BCUT2D eigenvalue weighted by Gasteiger charge is -2.29. The number of hydrogen-bond acceptors (Lipinski definition) is 4. The van der Waals surface area contributed by atoms with E-state index in [0.29, 0.717) is 18.7 Å². The molecule has 0 amide bonds. The smallest absolute Gasteiger partial charge is 0.258 e. The molecule has 0 radical (unpaired) electrons. The molecule has 1 atom stereocenters. The number of likely N-dealkylation sites (tertiary alicyclic amines) is 1. The summed E-state index contributed by atoms with van der Waals surface area (Å²) in [6.07, 6.45) is 3.34. The molecule has 20 heavy (non-hydrogen) atoms. The number of aliphatic hydroxyl groups is 1. The van der Waals surface area contributed by atoms with Crippen molar-refractivity contribution in [2.45, 2.75) is 32.4 Å². The monoisotopic (exact) mass is 273 g/mol. The summed E-state index contributed by atoms with van der Waals surface area (Å²) in [7, 11) is 0. The van der Waals surface area contributed by atoms with Crippen LogP contribution < -0.4 is 5.56 Å². The summed E-state index contributed by atoms with van der Waals surface area (Å²) in [5, 5.41) is 9.70. The highest BCUT2D eigenvalue weighted by atomic mass is 16.3. The molecular formula is C15H19N3O2. The van der Waals surface area contributed by atoms with E-state index >= 15 is 0 Å². The number of β-amino-alcohol motifs (C(OH)–C–C–N with tert-alkyl or cyclic N) is 1. The van der Waals surface area contributed by atoms with Crippen molar-refractivity contribution in [2.75, 3.05) is 13.1 Å². The van der Waals surface area contributed by atoms with Gasteiger partial charge in [-0.05, 0) is 37.9 Å². The highest BCUT2D eigenvalue weighted by Gasteiger charge is 2.18. The summed E-state index contributed by atoms with van der Waals surface area (Å²) in [4.78, 5) is 18.9. The van der Waals surface area contributed by atoms with Gasteiger partial charge in [-0.2, -0.15) is 0 Å². The maximum atomic E-state index is 12.1. The number of hydrogen-bond donors (Lipinski definition) is 1. The molecule has 0 aromatic carbocycles. The van der Waals surface area contributed by atoms with Gasteiger partial charge in [0.2, 0.25) is 0 Å². The fourth-order valence-electron chi connectivity index (χ4n) is 2.79. The zero-order chi connectivity index (χ0) is 14.1. The molecule has 5 nitrogen and oxygen atoms in total. The van der Waals surface area contributed by atoms with Crippen LogP contribution in [0.25, 0.3) is 5.65 Å². The van der Waals surface area contributed by atoms with Crippen molar-refractivity contribution in [3.63, 3.8) is 0 Å². The average molecular weight is 273 g/mol. The molecule has 106 valence electrons. The van der Waals surface area contributed by atoms with Gasteiger partial charge < -0.3 is 5.11 Å². The van der Waals surface area contributed by atoms with Crippen LogP contribution in [-0.2, 0) is 6.54 Å². The molecule has 1 aliphatic rings. The van der Waals surface area contributed by atoms with E-state index in [-0.39, 0.29) is 11.7 Å². The minimum Gasteiger partial charge on any atom is -0.392 e. The molecule has 1 fully saturated rings. The average Bonchev–Trinajstić information content (AvgIpc) is 2.40. The first-order chi connectivity index (χ1) is 9.63. The predicted octanol–water partition coefficient (Wildman–Crippen LogP) is 0.960. The van der Waals surface area contributed by atoms with Crippen LogP contribution in [0.1, 0.15) is 24.1 Å².